The van der Waals surface area contributed by atoms with E-state index < -0.39 is 0 Å². The summed E-state index contributed by atoms with van der Waals surface area (Å²) in [5.74, 6) is 1.29. The van der Waals surface area contributed by atoms with Gasteiger partial charge in [0.2, 0.25) is 5.95 Å². The van der Waals surface area contributed by atoms with Gasteiger partial charge in [0.05, 0.1) is 31.3 Å². The molecule has 1 aliphatic rings. The summed E-state index contributed by atoms with van der Waals surface area (Å²) in [6.07, 6.45) is 3.31. The fraction of sp³-hybridized carbons (Fsp3) is 0.429. The Morgan fingerprint density at radius 3 is 2.43 bits per heavy atom. The van der Waals surface area contributed by atoms with Crippen molar-refractivity contribution in [1.29, 1.82) is 0 Å². The van der Waals surface area contributed by atoms with E-state index in [1.807, 2.05) is 0 Å². The Balaban J connectivity index is 1.92. The SMILES string of the molecule is Cc1cc(=O)n(-c2cnc(N3CCOCC3)nc2)c(C)n1. The summed E-state index contributed by atoms with van der Waals surface area (Å²) in [5.41, 5.74) is 1.21. The molecule has 0 aromatic carbocycles. The van der Waals surface area contributed by atoms with Crippen molar-refractivity contribution in [2.45, 2.75) is 13.8 Å². The third-order valence-corrected chi connectivity index (χ3v) is 3.39. The Morgan fingerprint density at radius 1 is 1.14 bits per heavy atom. The zero-order valence-corrected chi connectivity index (χ0v) is 12.1. The van der Waals surface area contributed by atoms with Crippen LogP contribution in [0, 0.1) is 13.8 Å². The van der Waals surface area contributed by atoms with Crippen LogP contribution in [0.15, 0.2) is 23.3 Å². The van der Waals surface area contributed by atoms with Crippen LogP contribution >= 0.6 is 0 Å². The lowest BCUT2D eigenvalue weighted by Gasteiger charge is -2.26. The molecule has 3 rings (SSSR count). The molecule has 1 saturated heterocycles. The lowest BCUT2D eigenvalue weighted by atomic mass is 10.4. The van der Waals surface area contributed by atoms with Crippen molar-refractivity contribution in [1.82, 2.24) is 19.5 Å². The second-order valence-electron chi connectivity index (χ2n) is 4.96. The highest BCUT2D eigenvalue weighted by molar-refractivity contribution is 5.36. The Bertz CT molecular complexity index is 690. The average Bonchev–Trinajstić information content (AvgIpc) is 2.48. The lowest BCUT2D eigenvalue weighted by molar-refractivity contribution is 0.122. The number of aromatic nitrogens is 4. The molecule has 0 atom stereocenters. The normalized spacial score (nSPS) is 15.2. The number of hydrogen-bond donors (Lipinski definition) is 0. The van der Waals surface area contributed by atoms with Gasteiger partial charge in [-0.25, -0.2) is 15.0 Å². The molecule has 2 aromatic rings. The molecule has 2 aromatic heterocycles. The molecule has 7 nitrogen and oxygen atoms in total. The van der Waals surface area contributed by atoms with Crippen LogP contribution < -0.4 is 10.5 Å². The smallest absolute Gasteiger partial charge is 0.258 e. The molecule has 7 heteroatoms. The summed E-state index contributed by atoms with van der Waals surface area (Å²) in [6, 6.07) is 1.50. The summed E-state index contributed by atoms with van der Waals surface area (Å²) in [7, 11) is 0. The van der Waals surface area contributed by atoms with Crippen LogP contribution in [0.4, 0.5) is 5.95 Å². The van der Waals surface area contributed by atoms with Crippen molar-refractivity contribution in [3.63, 3.8) is 0 Å². The Morgan fingerprint density at radius 2 is 1.81 bits per heavy atom. The summed E-state index contributed by atoms with van der Waals surface area (Å²) >= 11 is 0. The van der Waals surface area contributed by atoms with E-state index in [-0.39, 0.29) is 5.56 Å². The molecule has 1 aliphatic heterocycles. The summed E-state index contributed by atoms with van der Waals surface area (Å²) in [4.78, 5) is 27.2. The van der Waals surface area contributed by atoms with Gasteiger partial charge in [0.25, 0.3) is 5.56 Å². The summed E-state index contributed by atoms with van der Waals surface area (Å²) in [6.45, 7) is 6.53. The van der Waals surface area contributed by atoms with Crippen LogP contribution in [0.3, 0.4) is 0 Å². The van der Waals surface area contributed by atoms with Gasteiger partial charge in [-0.1, -0.05) is 0 Å². The molecular formula is C14H17N5O2. The van der Waals surface area contributed by atoms with E-state index in [9.17, 15) is 4.79 Å². The van der Waals surface area contributed by atoms with Gasteiger partial charge >= 0.3 is 0 Å². The first-order valence-corrected chi connectivity index (χ1v) is 6.87. The van der Waals surface area contributed by atoms with Gasteiger partial charge in [0.1, 0.15) is 5.82 Å². The molecule has 0 spiro atoms. The Hall–Kier alpha value is -2.28. The van der Waals surface area contributed by atoms with E-state index in [1.54, 1.807) is 26.2 Å². The highest BCUT2D eigenvalue weighted by Gasteiger charge is 2.14. The van der Waals surface area contributed by atoms with Gasteiger partial charge in [0.15, 0.2) is 0 Å². The second-order valence-corrected chi connectivity index (χ2v) is 4.96. The molecule has 21 heavy (non-hydrogen) atoms. The number of aryl methyl sites for hydroxylation is 2. The third kappa shape index (κ3) is 2.78. The molecule has 0 unspecified atom stereocenters. The zero-order valence-electron chi connectivity index (χ0n) is 12.1. The zero-order chi connectivity index (χ0) is 14.8. The first-order valence-electron chi connectivity index (χ1n) is 6.87. The number of hydrogen-bond acceptors (Lipinski definition) is 6. The maximum Gasteiger partial charge on any atom is 0.258 e. The highest BCUT2D eigenvalue weighted by Crippen LogP contribution is 2.11. The van der Waals surface area contributed by atoms with Crippen molar-refractivity contribution in [2.75, 3.05) is 31.2 Å². The Kier molecular flexibility index (Phi) is 3.66. The fourth-order valence-electron chi connectivity index (χ4n) is 2.41. The number of anilines is 1. The summed E-state index contributed by atoms with van der Waals surface area (Å²) in [5, 5.41) is 0. The van der Waals surface area contributed by atoms with Gasteiger partial charge < -0.3 is 9.64 Å². The van der Waals surface area contributed by atoms with Crippen molar-refractivity contribution in [3.05, 3.63) is 40.3 Å². The van der Waals surface area contributed by atoms with Gasteiger partial charge in [-0.05, 0) is 13.8 Å². The quantitative estimate of drug-likeness (QED) is 0.799. The maximum atomic E-state index is 12.1. The van der Waals surface area contributed by atoms with Gasteiger partial charge in [-0.3, -0.25) is 9.36 Å². The average molecular weight is 287 g/mol. The second kappa shape index (κ2) is 5.61. The first-order chi connectivity index (χ1) is 10.1. The van der Waals surface area contributed by atoms with Crippen LogP contribution in [0.2, 0.25) is 0 Å². The molecule has 0 bridgehead atoms. The predicted octanol–water partition coefficient (Wildman–Crippen LogP) is 0.476. The van der Waals surface area contributed by atoms with Crippen LogP contribution in [-0.4, -0.2) is 45.8 Å². The topological polar surface area (TPSA) is 73.1 Å². The van der Waals surface area contributed by atoms with E-state index in [1.165, 1.54) is 10.6 Å². The van der Waals surface area contributed by atoms with Crippen LogP contribution in [-0.2, 0) is 4.74 Å². The Labute approximate surface area is 122 Å². The highest BCUT2D eigenvalue weighted by atomic mass is 16.5. The van der Waals surface area contributed by atoms with Crippen molar-refractivity contribution in [3.8, 4) is 5.69 Å². The minimum absolute atomic E-state index is 0.122. The van der Waals surface area contributed by atoms with E-state index in [0.29, 0.717) is 36.4 Å². The molecular weight excluding hydrogens is 270 g/mol. The van der Waals surface area contributed by atoms with Crippen LogP contribution in [0.5, 0.6) is 0 Å². The number of rotatable bonds is 2. The van der Waals surface area contributed by atoms with Gasteiger partial charge in [-0.2, -0.15) is 0 Å². The number of ether oxygens (including phenoxy) is 1. The molecule has 1 fully saturated rings. The molecule has 3 heterocycles. The fourth-order valence-corrected chi connectivity index (χ4v) is 2.41. The third-order valence-electron chi connectivity index (χ3n) is 3.39. The van der Waals surface area contributed by atoms with E-state index in [4.69, 9.17) is 4.74 Å². The molecule has 0 aliphatic carbocycles. The molecule has 0 radical (unpaired) electrons. The largest absolute Gasteiger partial charge is 0.378 e. The van der Waals surface area contributed by atoms with Crippen LogP contribution in [0.25, 0.3) is 5.69 Å². The number of nitrogens with zero attached hydrogens (tertiary/aromatic N) is 5. The standard InChI is InChI=1S/C14H17N5O2/c1-10-7-13(20)19(11(2)17-10)12-8-15-14(16-9-12)18-3-5-21-6-4-18/h7-9H,3-6H2,1-2H3. The molecule has 0 amide bonds. The lowest BCUT2D eigenvalue weighted by Crippen LogP contribution is -2.37. The first kappa shape index (κ1) is 13.7. The minimum Gasteiger partial charge on any atom is -0.378 e. The monoisotopic (exact) mass is 287 g/mol. The van der Waals surface area contributed by atoms with Gasteiger partial charge in [0, 0.05) is 24.8 Å². The van der Waals surface area contributed by atoms with Gasteiger partial charge in [-0.15, -0.1) is 0 Å². The molecule has 0 N–H and O–H groups in total. The van der Waals surface area contributed by atoms with Crippen molar-refractivity contribution >= 4 is 5.95 Å². The van der Waals surface area contributed by atoms with Crippen LogP contribution in [0.1, 0.15) is 11.5 Å². The van der Waals surface area contributed by atoms with E-state index in [2.05, 4.69) is 19.9 Å². The number of morpholine rings is 1. The van der Waals surface area contributed by atoms with E-state index >= 15 is 0 Å². The minimum atomic E-state index is -0.122. The maximum absolute atomic E-state index is 12.1. The predicted molar refractivity (Wildman–Crippen MR) is 77.9 cm³/mol. The van der Waals surface area contributed by atoms with E-state index in [0.717, 1.165) is 13.1 Å². The van der Waals surface area contributed by atoms with Crippen molar-refractivity contribution < 1.29 is 4.74 Å². The summed E-state index contributed by atoms with van der Waals surface area (Å²) < 4.78 is 6.82. The molecule has 0 saturated carbocycles. The molecule has 110 valence electrons. The van der Waals surface area contributed by atoms with Crippen molar-refractivity contribution in [2.24, 2.45) is 0 Å².